The van der Waals surface area contributed by atoms with E-state index in [1.807, 2.05) is 14.0 Å². The van der Waals surface area contributed by atoms with Crippen LogP contribution in [0.1, 0.15) is 36.8 Å². The average Bonchev–Trinajstić information content (AvgIpc) is 3.20. The highest BCUT2D eigenvalue weighted by Gasteiger charge is 2.55. The number of esters is 1. The molecule has 1 heterocycles. The maximum absolute atomic E-state index is 12.1. The Hall–Kier alpha value is -1.31. The van der Waals surface area contributed by atoms with Crippen molar-refractivity contribution in [2.45, 2.75) is 32.1 Å². The van der Waals surface area contributed by atoms with Crippen LogP contribution in [0.15, 0.2) is 29.3 Å². The Bertz CT molecular complexity index is 708. The zero-order valence-electron chi connectivity index (χ0n) is 16.2. The molecule has 148 valence electrons. The fourth-order valence-corrected chi connectivity index (χ4v) is 4.93. The van der Waals surface area contributed by atoms with Crippen LogP contribution in [0.3, 0.4) is 0 Å². The van der Waals surface area contributed by atoms with Gasteiger partial charge in [0, 0.05) is 26.7 Å². The lowest BCUT2D eigenvalue weighted by atomic mass is 9.98. The van der Waals surface area contributed by atoms with Crippen molar-refractivity contribution in [3.05, 3.63) is 35.4 Å². The van der Waals surface area contributed by atoms with Gasteiger partial charge < -0.3 is 15.0 Å². The Morgan fingerprint density at radius 1 is 1.37 bits per heavy atom. The molecule has 4 atom stereocenters. The van der Waals surface area contributed by atoms with Crippen molar-refractivity contribution < 1.29 is 9.53 Å². The number of likely N-dealkylation sites (tertiary alicyclic amines) is 1. The molecule has 3 aliphatic rings. The number of carbonyl (C=O) groups is 1. The third-order valence-corrected chi connectivity index (χ3v) is 6.25. The van der Waals surface area contributed by atoms with Gasteiger partial charge in [-0.3, -0.25) is 9.79 Å². The summed E-state index contributed by atoms with van der Waals surface area (Å²) >= 11 is 0. The molecule has 1 aliphatic heterocycles. The zero-order chi connectivity index (χ0) is 18.1. The number of halogens is 1. The summed E-state index contributed by atoms with van der Waals surface area (Å²) in [5, 5.41) is 3.58. The summed E-state index contributed by atoms with van der Waals surface area (Å²) in [7, 11) is 1.83. The van der Waals surface area contributed by atoms with E-state index in [1.165, 1.54) is 12.0 Å². The van der Waals surface area contributed by atoms with Crippen molar-refractivity contribution in [2.75, 3.05) is 33.3 Å². The van der Waals surface area contributed by atoms with E-state index in [0.29, 0.717) is 19.1 Å². The molecule has 1 aromatic carbocycles. The van der Waals surface area contributed by atoms with Crippen molar-refractivity contribution in [1.29, 1.82) is 0 Å². The van der Waals surface area contributed by atoms with E-state index < -0.39 is 0 Å². The van der Waals surface area contributed by atoms with Crippen molar-refractivity contribution >= 4 is 35.9 Å². The number of hydrogen-bond acceptors (Lipinski definition) is 3. The number of hydrogen-bond donors (Lipinski definition) is 1. The van der Waals surface area contributed by atoms with Crippen LogP contribution in [0.2, 0.25) is 0 Å². The summed E-state index contributed by atoms with van der Waals surface area (Å²) in [5.74, 6) is 3.07. The first-order valence-electron chi connectivity index (χ1n) is 9.93. The molecule has 0 aromatic heterocycles. The van der Waals surface area contributed by atoms with Crippen LogP contribution in [0.25, 0.3) is 0 Å². The first kappa shape index (κ1) is 20.4. The molecule has 27 heavy (non-hydrogen) atoms. The second-order valence-corrected chi connectivity index (χ2v) is 7.72. The van der Waals surface area contributed by atoms with Crippen molar-refractivity contribution in [3.8, 4) is 0 Å². The van der Waals surface area contributed by atoms with Gasteiger partial charge in [-0.1, -0.05) is 24.3 Å². The maximum Gasteiger partial charge on any atom is 0.310 e. The van der Waals surface area contributed by atoms with Gasteiger partial charge in [0.25, 0.3) is 0 Å². The molecule has 0 bridgehead atoms. The number of benzene rings is 1. The Balaban J connectivity index is 0.00000210. The average molecular weight is 483 g/mol. The molecule has 5 nitrogen and oxygen atoms in total. The van der Waals surface area contributed by atoms with Crippen LogP contribution >= 0.6 is 24.0 Å². The number of nitrogens with zero attached hydrogens (tertiary/aromatic N) is 2. The highest BCUT2D eigenvalue weighted by molar-refractivity contribution is 14.0. The third kappa shape index (κ3) is 4.10. The number of piperidine rings is 1. The number of rotatable bonds is 4. The van der Waals surface area contributed by atoms with Crippen molar-refractivity contribution in [3.63, 3.8) is 0 Å². The topological polar surface area (TPSA) is 53.9 Å². The lowest BCUT2D eigenvalue weighted by Gasteiger charge is -2.34. The lowest BCUT2D eigenvalue weighted by Crippen LogP contribution is -2.48. The third-order valence-electron chi connectivity index (χ3n) is 6.25. The van der Waals surface area contributed by atoms with Gasteiger partial charge in [0.2, 0.25) is 0 Å². The molecule has 4 rings (SSSR count). The minimum atomic E-state index is -0.0685. The smallest absolute Gasteiger partial charge is 0.310 e. The van der Waals surface area contributed by atoms with Crippen LogP contribution in [0.4, 0.5) is 0 Å². The summed E-state index contributed by atoms with van der Waals surface area (Å²) in [6.07, 6.45) is 3.14. The van der Waals surface area contributed by atoms with Gasteiger partial charge in [0.15, 0.2) is 5.96 Å². The second-order valence-electron chi connectivity index (χ2n) is 7.72. The summed E-state index contributed by atoms with van der Waals surface area (Å²) in [4.78, 5) is 18.8. The van der Waals surface area contributed by atoms with E-state index in [1.54, 1.807) is 5.56 Å². The molecule has 1 aromatic rings. The second kappa shape index (κ2) is 8.80. The van der Waals surface area contributed by atoms with E-state index in [2.05, 4.69) is 39.5 Å². The van der Waals surface area contributed by atoms with Crippen molar-refractivity contribution in [1.82, 2.24) is 10.2 Å². The summed E-state index contributed by atoms with van der Waals surface area (Å²) in [5.41, 5.74) is 3.09. The molecular weight excluding hydrogens is 453 g/mol. The van der Waals surface area contributed by atoms with E-state index in [0.717, 1.165) is 43.7 Å². The fraction of sp³-hybridized carbons (Fsp3) is 0.619. The molecule has 1 saturated carbocycles. The maximum atomic E-state index is 12.1. The minimum Gasteiger partial charge on any atom is -0.466 e. The quantitative estimate of drug-likeness (QED) is 0.310. The number of nitrogens with one attached hydrogen (secondary N) is 1. The van der Waals surface area contributed by atoms with E-state index >= 15 is 0 Å². The summed E-state index contributed by atoms with van der Waals surface area (Å²) in [6, 6.07) is 8.87. The number of carbonyl (C=O) groups excluding carboxylic acids is 1. The Kier molecular flexibility index (Phi) is 6.65. The van der Waals surface area contributed by atoms with Gasteiger partial charge in [0.05, 0.1) is 12.5 Å². The first-order chi connectivity index (χ1) is 12.7. The SMILES string of the molecule is CCOC(=O)[C@@H]1CCCN(C(=NC)NCC2C3Cc4ccccc4C23)C1.I. The first-order valence-corrected chi connectivity index (χ1v) is 9.93. The fourth-order valence-electron chi connectivity index (χ4n) is 4.93. The van der Waals surface area contributed by atoms with Crippen LogP contribution in [0.5, 0.6) is 0 Å². The molecule has 0 radical (unpaired) electrons. The molecule has 1 N–H and O–H groups in total. The van der Waals surface area contributed by atoms with Gasteiger partial charge in [0.1, 0.15) is 0 Å². The van der Waals surface area contributed by atoms with Crippen molar-refractivity contribution in [2.24, 2.45) is 22.7 Å². The highest BCUT2D eigenvalue weighted by atomic mass is 127. The van der Waals surface area contributed by atoms with E-state index in [9.17, 15) is 4.79 Å². The van der Waals surface area contributed by atoms with Gasteiger partial charge in [-0.15, -0.1) is 24.0 Å². The predicted molar refractivity (Wildman–Crippen MR) is 118 cm³/mol. The predicted octanol–water partition coefficient (Wildman–Crippen LogP) is 3.04. The van der Waals surface area contributed by atoms with E-state index in [4.69, 9.17) is 4.74 Å². The number of guanidine groups is 1. The molecule has 1 saturated heterocycles. The molecule has 6 heteroatoms. The minimum absolute atomic E-state index is 0. The van der Waals surface area contributed by atoms with E-state index in [-0.39, 0.29) is 35.9 Å². The monoisotopic (exact) mass is 483 g/mol. The van der Waals surface area contributed by atoms with Gasteiger partial charge in [-0.25, -0.2) is 0 Å². The molecule has 0 amide bonds. The van der Waals surface area contributed by atoms with Crippen LogP contribution in [-0.4, -0.2) is 50.1 Å². The standard InChI is InChI=1S/C21H29N3O2.HI/c1-3-26-20(25)15-8-6-10-24(13-15)21(22-2)23-12-18-17-11-14-7-4-5-9-16(14)19(17)18;/h4-5,7,9,15,17-19H,3,6,8,10-13H2,1-2H3,(H,22,23);1H/t15-,17?,18?,19?;/m1./s1. The van der Waals surface area contributed by atoms with Crippen LogP contribution < -0.4 is 5.32 Å². The number of aliphatic imine (C=N–C) groups is 1. The van der Waals surface area contributed by atoms with Crippen LogP contribution in [0, 0.1) is 17.8 Å². The molecule has 0 spiro atoms. The van der Waals surface area contributed by atoms with Crippen LogP contribution in [-0.2, 0) is 16.0 Å². The Labute approximate surface area is 179 Å². The zero-order valence-corrected chi connectivity index (χ0v) is 18.5. The van der Waals surface area contributed by atoms with Gasteiger partial charge in [-0.2, -0.15) is 0 Å². The summed E-state index contributed by atoms with van der Waals surface area (Å²) in [6.45, 7) is 4.95. The highest BCUT2D eigenvalue weighted by Crippen LogP contribution is 2.60. The van der Waals surface area contributed by atoms with Gasteiger partial charge >= 0.3 is 5.97 Å². The number of ether oxygens (including phenoxy) is 1. The Morgan fingerprint density at radius 2 is 2.19 bits per heavy atom. The normalized spacial score (nSPS) is 28.7. The largest absolute Gasteiger partial charge is 0.466 e. The molecular formula is C21H30IN3O2. The lowest BCUT2D eigenvalue weighted by molar-refractivity contribution is -0.149. The molecule has 2 fully saturated rings. The summed E-state index contributed by atoms with van der Waals surface area (Å²) < 4.78 is 5.21. The van der Waals surface area contributed by atoms with Gasteiger partial charge in [-0.05, 0) is 55.1 Å². The number of fused-ring (bicyclic) bond motifs is 3. The Morgan fingerprint density at radius 3 is 2.96 bits per heavy atom. The molecule has 3 unspecified atom stereocenters. The molecule has 2 aliphatic carbocycles.